The standard InChI is InChI=1S/C12H13F3N5OP/c13-8(22)12(14,15)6-21-11-19-9(16)18-10(20-11)17-7-4-2-1-3-5-7/h1-5,8H,6,22H2,(H3,16,17,18,19,20). The van der Waals surface area contributed by atoms with Gasteiger partial charge in [0, 0.05) is 5.69 Å². The van der Waals surface area contributed by atoms with Gasteiger partial charge < -0.3 is 15.8 Å². The first-order chi connectivity index (χ1) is 10.4. The molecule has 0 aliphatic rings. The molecule has 0 spiro atoms. The lowest BCUT2D eigenvalue weighted by atomic mass is 10.3. The number of nitrogens with zero attached hydrogens (tertiary/aromatic N) is 3. The normalized spacial score (nSPS) is 12.7. The van der Waals surface area contributed by atoms with Gasteiger partial charge in [-0.25, -0.2) is 4.39 Å². The topological polar surface area (TPSA) is 86.0 Å². The summed E-state index contributed by atoms with van der Waals surface area (Å²) >= 11 is 0. The molecule has 0 radical (unpaired) electrons. The minimum absolute atomic E-state index is 0.0275. The molecule has 0 saturated heterocycles. The maximum atomic E-state index is 13.1. The molecule has 0 bridgehead atoms. The Kier molecular flexibility index (Phi) is 4.97. The van der Waals surface area contributed by atoms with Gasteiger partial charge in [0.2, 0.25) is 11.9 Å². The predicted molar refractivity (Wildman–Crippen MR) is 79.0 cm³/mol. The summed E-state index contributed by atoms with van der Waals surface area (Å²) in [5.74, 6) is -6.30. The first-order valence-corrected chi connectivity index (χ1v) is 6.77. The number of ether oxygens (including phenoxy) is 1. The van der Waals surface area contributed by atoms with Gasteiger partial charge in [0.1, 0.15) is 0 Å². The van der Waals surface area contributed by atoms with Crippen LogP contribution in [0.2, 0.25) is 0 Å². The van der Waals surface area contributed by atoms with Gasteiger partial charge in [-0.2, -0.15) is 23.7 Å². The number of benzene rings is 1. The summed E-state index contributed by atoms with van der Waals surface area (Å²) in [4.78, 5) is 11.2. The molecule has 2 aromatic rings. The van der Waals surface area contributed by atoms with Crippen molar-refractivity contribution in [2.75, 3.05) is 17.7 Å². The summed E-state index contributed by atoms with van der Waals surface area (Å²) in [5, 5.41) is 2.82. The van der Waals surface area contributed by atoms with E-state index in [0.29, 0.717) is 5.69 Å². The highest BCUT2D eigenvalue weighted by Crippen LogP contribution is 2.27. The van der Waals surface area contributed by atoms with Crippen LogP contribution in [0.25, 0.3) is 0 Å². The number of nitrogens with one attached hydrogen (secondary N) is 1. The van der Waals surface area contributed by atoms with Gasteiger partial charge in [0.25, 0.3) is 0 Å². The number of rotatable bonds is 6. The van der Waals surface area contributed by atoms with E-state index in [1.807, 2.05) is 6.07 Å². The van der Waals surface area contributed by atoms with Crippen molar-refractivity contribution >= 4 is 26.8 Å². The van der Waals surface area contributed by atoms with Gasteiger partial charge in [-0.3, -0.25) is 0 Å². The largest absolute Gasteiger partial charge is 0.457 e. The van der Waals surface area contributed by atoms with Crippen LogP contribution in [0.15, 0.2) is 30.3 Å². The number of alkyl halides is 3. The van der Waals surface area contributed by atoms with Crippen molar-refractivity contribution < 1.29 is 17.9 Å². The van der Waals surface area contributed by atoms with Crippen LogP contribution in [-0.4, -0.2) is 33.4 Å². The number of hydrogen-bond acceptors (Lipinski definition) is 6. The third-order valence-electron chi connectivity index (χ3n) is 2.46. The lowest BCUT2D eigenvalue weighted by Gasteiger charge is -2.17. The molecule has 6 nitrogen and oxygen atoms in total. The van der Waals surface area contributed by atoms with E-state index in [2.05, 4.69) is 20.3 Å². The van der Waals surface area contributed by atoms with Gasteiger partial charge in [-0.1, -0.05) is 27.4 Å². The Morgan fingerprint density at radius 1 is 1.23 bits per heavy atom. The molecule has 0 fully saturated rings. The average molecular weight is 331 g/mol. The summed E-state index contributed by atoms with van der Waals surface area (Å²) in [6, 6.07) is 8.46. The van der Waals surface area contributed by atoms with Gasteiger partial charge >= 0.3 is 11.9 Å². The second kappa shape index (κ2) is 6.74. The monoisotopic (exact) mass is 331 g/mol. The van der Waals surface area contributed by atoms with E-state index >= 15 is 0 Å². The average Bonchev–Trinajstić information content (AvgIpc) is 2.45. The summed E-state index contributed by atoms with van der Waals surface area (Å²) < 4.78 is 43.7. The molecular weight excluding hydrogens is 318 g/mol. The zero-order valence-corrected chi connectivity index (χ0v) is 12.4. The Balaban J connectivity index is 2.10. The Bertz CT molecular complexity index is 629. The molecule has 22 heavy (non-hydrogen) atoms. The van der Waals surface area contributed by atoms with Gasteiger partial charge in [0.05, 0.1) is 0 Å². The molecule has 0 saturated carbocycles. The smallest absolute Gasteiger partial charge is 0.323 e. The van der Waals surface area contributed by atoms with Crippen LogP contribution in [0.3, 0.4) is 0 Å². The van der Waals surface area contributed by atoms with Gasteiger partial charge in [-0.05, 0) is 12.1 Å². The van der Waals surface area contributed by atoms with Gasteiger partial charge in [-0.15, -0.1) is 0 Å². The maximum Gasteiger partial charge on any atom is 0.323 e. The van der Waals surface area contributed by atoms with Crippen molar-refractivity contribution in [2.45, 2.75) is 11.8 Å². The molecule has 2 atom stereocenters. The summed E-state index contributed by atoms with van der Waals surface area (Å²) in [6.45, 7) is -1.22. The molecule has 1 aromatic carbocycles. The molecule has 2 rings (SSSR count). The number of nitrogens with two attached hydrogens (primary N) is 1. The van der Waals surface area contributed by atoms with Crippen molar-refractivity contribution in [1.29, 1.82) is 0 Å². The Morgan fingerprint density at radius 2 is 1.91 bits per heavy atom. The van der Waals surface area contributed by atoms with E-state index in [-0.39, 0.29) is 11.9 Å². The second-order valence-electron chi connectivity index (χ2n) is 4.24. The number of aromatic nitrogens is 3. The SMILES string of the molecule is Nc1nc(Nc2ccccc2)nc(OCC(F)(F)C(F)P)n1. The maximum absolute atomic E-state index is 13.1. The molecule has 0 aliphatic heterocycles. The van der Waals surface area contributed by atoms with Crippen molar-refractivity contribution in [2.24, 2.45) is 0 Å². The summed E-state index contributed by atoms with van der Waals surface area (Å²) in [7, 11) is 1.37. The summed E-state index contributed by atoms with van der Waals surface area (Å²) in [6.07, 6.45) is 0. The van der Waals surface area contributed by atoms with Crippen LogP contribution >= 0.6 is 9.24 Å². The van der Waals surface area contributed by atoms with Crippen molar-refractivity contribution in [3.05, 3.63) is 30.3 Å². The van der Waals surface area contributed by atoms with Crippen LogP contribution in [0.4, 0.5) is 30.8 Å². The lowest BCUT2D eigenvalue weighted by Crippen LogP contribution is -2.33. The molecule has 2 unspecified atom stereocenters. The minimum Gasteiger partial charge on any atom is -0.457 e. The number of halogens is 3. The van der Waals surface area contributed by atoms with E-state index in [0.717, 1.165) is 0 Å². The number of nitrogen functional groups attached to an aromatic ring is 1. The van der Waals surface area contributed by atoms with E-state index < -0.39 is 24.5 Å². The van der Waals surface area contributed by atoms with Crippen LogP contribution in [0.5, 0.6) is 6.01 Å². The third kappa shape index (κ3) is 4.42. The Hall–Kier alpha value is -2.15. The van der Waals surface area contributed by atoms with Crippen LogP contribution in [0.1, 0.15) is 0 Å². The van der Waals surface area contributed by atoms with E-state index in [1.54, 1.807) is 24.3 Å². The first kappa shape index (κ1) is 16.2. The number of anilines is 3. The van der Waals surface area contributed by atoms with Crippen LogP contribution < -0.4 is 15.8 Å². The molecule has 1 aromatic heterocycles. The van der Waals surface area contributed by atoms with Crippen LogP contribution in [0, 0.1) is 0 Å². The van der Waals surface area contributed by atoms with E-state index in [9.17, 15) is 13.2 Å². The fourth-order valence-electron chi connectivity index (χ4n) is 1.38. The predicted octanol–water partition coefficient (Wildman–Crippen LogP) is 2.38. The fourth-order valence-corrected chi connectivity index (χ4v) is 1.48. The minimum atomic E-state index is -3.68. The van der Waals surface area contributed by atoms with E-state index in [4.69, 9.17) is 10.5 Å². The molecule has 10 heteroatoms. The Labute approximate surface area is 126 Å². The molecule has 118 valence electrons. The van der Waals surface area contributed by atoms with Gasteiger partial charge in [0.15, 0.2) is 12.5 Å². The molecule has 3 N–H and O–H groups in total. The quantitative estimate of drug-likeness (QED) is 0.791. The van der Waals surface area contributed by atoms with Crippen molar-refractivity contribution in [3.8, 4) is 6.01 Å². The highest BCUT2D eigenvalue weighted by atomic mass is 31.0. The number of para-hydroxylation sites is 1. The van der Waals surface area contributed by atoms with Crippen molar-refractivity contribution in [1.82, 2.24) is 15.0 Å². The zero-order chi connectivity index (χ0) is 16.2. The Morgan fingerprint density at radius 3 is 2.55 bits per heavy atom. The highest BCUT2D eigenvalue weighted by molar-refractivity contribution is 7.17. The number of hydrogen-bond donors (Lipinski definition) is 2. The van der Waals surface area contributed by atoms with Crippen LogP contribution in [-0.2, 0) is 0 Å². The molecular formula is C12H13F3N5OP. The molecule has 0 amide bonds. The zero-order valence-electron chi connectivity index (χ0n) is 11.2. The van der Waals surface area contributed by atoms with Crippen molar-refractivity contribution in [3.63, 3.8) is 0 Å². The second-order valence-corrected chi connectivity index (χ2v) is 4.83. The lowest BCUT2D eigenvalue weighted by molar-refractivity contribution is -0.0731. The first-order valence-electron chi connectivity index (χ1n) is 6.11. The highest BCUT2D eigenvalue weighted by Gasteiger charge is 2.38. The molecule has 0 aliphatic carbocycles. The summed E-state index contributed by atoms with van der Waals surface area (Å²) in [5.41, 5.74) is 6.13. The third-order valence-corrected chi connectivity index (χ3v) is 2.95. The molecule has 1 heterocycles. The fraction of sp³-hybridized carbons (Fsp3) is 0.250. The van der Waals surface area contributed by atoms with E-state index in [1.165, 1.54) is 9.24 Å².